The van der Waals surface area contributed by atoms with Crippen LogP contribution in [0.3, 0.4) is 0 Å². The van der Waals surface area contributed by atoms with Gasteiger partial charge in [-0.25, -0.2) is 4.99 Å². The number of guanidine groups is 1. The second-order valence-corrected chi connectivity index (χ2v) is 7.17. The molecule has 1 aliphatic carbocycles. The van der Waals surface area contributed by atoms with Crippen molar-refractivity contribution in [1.82, 2.24) is 10.6 Å². The minimum absolute atomic E-state index is 0. The Morgan fingerprint density at radius 2 is 2.00 bits per heavy atom. The van der Waals surface area contributed by atoms with Gasteiger partial charge in [-0.1, -0.05) is 19.1 Å². The van der Waals surface area contributed by atoms with Crippen LogP contribution in [-0.2, 0) is 6.54 Å². The molecule has 1 saturated carbocycles. The summed E-state index contributed by atoms with van der Waals surface area (Å²) in [4.78, 5) is 4.65. The molecule has 4 nitrogen and oxygen atoms in total. The van der Waals surface area contributed by atoms with E-state index in [0.29, 0.717) is 18.3 Å². The smallest absolute Gasteiger partial charge is 0.191 e. The van der Waals surface area contributed by atoms with Gasteiger partial charge in [-0.15, -0.1) is 24.0 Å². The van der Waals surface area contributed by atoms with Gasteiger partial charge >= 0.3 is 0 Å². The Morgan fingerprint density at radius 1 is 1.26 bits per heavy atom. The van der Waals surface area contributed by atoms with Crippen LogP contribution in [0.2, 0.25) is 0 Å². The van der Waals surface area contributed by atoms with Gasteiger partial charge in [0.1, 0.15) is 5.75 Å². The zero-order valence-electron chi connectivity index (χ0n) is 13.9. The van der Waals surface area contributed by atoms with Crippen molar-refractivity contribution in [2.75, 3.05) is 12.3 Å². The highest BCUT2D eigenvalue weighted by Crippen LogP contribution is 2.29. The van der Waals surface area contributed by atoms with Crippen LogP contribution in [0.25, 0.3) is 0 Å². The number of aliphatic imine (C=N–C) groups is 1. The Hall–Kier alpha value is -0.630. The maximum atomic E-state index is 9.31. The molecule has 1 aromatic rings. The Bertz CT molecular complexity index is 481. The van der Waals surface area contributed by atoms with Gasteiger partial charge in [0.25, 0.3) is 0 Å². The summed E-state index contributed by atoms with van der Waals surface area (Å²) in [7, 11) is 0. The van der Waals surface area contributed by atoms with Gasteiger partial charge in [-0.3, -0.25) is 0 Å². The SMILES string of the molecule is CCNC(=NCc1ccc(O)cc1)NC1CCC(SCC)C1.I. The third-order valence-electron chi connectivity index (χ3n) is 3.83. The normalized spacial score (nSPS) is 20.9. The predicted molar refractivity (Wildman–Crippen MR) is 111 cm³/mol. The van der Waals surface area contributed by atoms with Crippen LogP contribution in [0.4, 0.5) is 0 Å². The van der Waals surface area contributed by atoms with Gasteiger partial charge in [0.05, 0.1) is 6.54 Å². The van der Waals surface area contributed by atoms with Crippen LogP contribution in [0.15, 0.2) is 29.3 Å². The van der Waals surface area contributed by atoms with Crippen molar-refractivity contribution in [2.45, 2.75) is 50.9 Å². The molecule has 0 radical (unpaired) electrons. The summed E-state index contributed by atoms with van der Waals surface area (Å²) in [5.41, 5.74) is 1.10. The maximum absolute atomic E-state index is 9.31. The molecule has 2 rings (SSSR count). The first kappa shape index (κ1) is 20.4. The molecule has 2 unspecified atom stereocenters. The number of thioether (sulfide) groups is 1. The minimum Gasteiger partial charge on any atom is -0.508 e. The number of hydrogen-bond donors (Lipinski definition) is 3. The first-order valence-electron chi connectivity index (χ1n) is 8.15. The molecule has 0 aromatic heterocycles. The fourth-order valence-electron chi connectivity index (χ4n) is 2.74. The number of halogens is 1. The van der Waals surface area contributed by atoms with E-state index in [1.165, 1.54) is 25.0 Å². The van der Waals surface area contributed by atoms with E-state index in [1.54, 1.807) is 12.1 Å². The summed E-state index contributed by atoms with van der Waals surface area (Å²) in [5, 5.41) is 17.0. The zero-order chi connectivity index (χ0) is 15.8. The maximum Gasteiger partial charge on any atom is 0.191 e. The number of aromatic hydroxyl groups is 1. The first-order valence-corrected chi connectivity index (χ1v) is 9.20. The van der Waals surface area contributed by atoms with Crippen molar-refractivity contribution in [3.05, 3.63) is 29.8 Å². The van der Waals surface area contributed by atoms with Crippen molar-refractivity contribution in [3.8, 4) is 5.75 Å². The van der Waals surface area contributed by atoms with Crippen molar-refractivity contribution in [1.29, 1.82) is 0 Å². The molecule has 3 N–H and O–H groups in total. The lowest BCUT2D eigenvalue weighted by molar-refractivity contribution is 0.475. The fourth-order valence-corrected chi connectivity index (χ4v) is 3.89. The van der Waals surface area contributed by atoms with Gasteiger partial charge < -0.3 is 15.7 Å². The monoisotopic (exact) mass is 449 g/mol. The van der Waals surface area contributed by atoms with E-state index in [2.05, 4.69) is 41.2 Å². The van der Waals surface area contributed by atoms with E-state index in [1.807, 2.05) is 12.1 Å². The van der Waals surface area contributed by atoms with Crippen LogP contribution >= 0.6 is 35.7 Å². The predicted octanol–water partition coefficient (Wildman–Crippen LogP) is 3.74. The number of nitrogens with one attached hydrogen (secondary N) is 2. The molecular formula is C17H28IN3OS. The van der Waals surface area contributed by atoms with E-state index < -0.39 is 0 Å². The molecule has 2 atom stereocenters. The summed E-state index contributed by atoms with van der Waals surface area (Å²) < 4.78 is 0. The average molecular weight is 449 g/mol. The first-order chi connectivity index (χ1) is 10.7. The van der Waals surface area contributed by atoms with Gasteiger partial charge in [-0.2, -0.15) is 11.8 Å². The second kappa shape index (κ2) is 11.0. The highest BCUT2D eigenvalue weighted by Gasteiger charge is 2.24. The number of phenols is 1. The Balaban J connectivity index is 0.00000264. The molecule has 6 heteroatoms. The van der Waals surface area contributed by atoms with Crippen LogP contribution in [0.1, 0.15) is 38.7 Å². The summed E-state index contributed by atoms with van der Waals surface area (Å²) in [6, 6.07) is 7.75. The zero-order valence-corrected chi connectivity index (χ0v) is 17.1. The van der Waals surface area contributed by atoms with Gasteiger partial charge in [-0.05, 0) is 49.6 Å². The van der Waals surface area contributed by atoms with E-state index in [9.17, 15) is 5.11 Å². The lowest BCUT2D eigenvalue weighted by Crippen LogP contribution is -2.42. The molecule has 1 aromatic carbocycles. The molecule has 0 aliphatic heterocycles. The molecule has 1 aliphatic rings. The number of nitrogens with zero attached hydrogens (tertiary/aromatic N) is 1. The Kier molecular flexibility index (Phi) is 9.78. The molecule has 1 fully saturated rings. The van der Waals surface area contributed by atoms with Crippen molar-refractivity contribution >= 4 is 41.7 Å². The largest absolute Gasteiger partial charge is 0.508 e. The van der Waals surface area contributed by atoms with E-state index >= 15 is 0 Å². The molecule has 0 bridgehead atoms. The third-order valence-corrected chi connectivity index (χ3v) is 5.06. The highest BCUT2D eigenvalue weighted by molar-refractivity contribution is 14.0. The number of hydrogen-bond acceptors (Lipinski definition) is 3. The molecule has 0 heterocycles. The quantitative estimate of drug-likeness (QED) is 0.352. The topological polar surface area (TPSA) is 56.7 Å². The second-order valence-electron chi connectivity index (χ2n) is 5.59. The highest BCUT2D eigenvalue weighted by atomic mass is 127. The number of rotatable bonds is 6. The molecular weight excluding hydrogens is 421 g/mol. The molecule has 23 heavy (non-hydrogen) atoms. The van der Waals surface area contributed by atoms with Crippen LogP contribution in [0.5, 0.6) is 5.75 Å². The van der Waals surface area contributed by atoms with Gasteiger partial charge in [0, 0.05) is 17.8 Å². The van der Waals surface area contributed by atoms with E-state index in [4.69, 9.17) is 0 Å². The molecule has 0 amide bonds. The average Bonchev–Trinajstić information content (AvgIpc) is 2.94. The fraction of sp³-hybridized carbons (Fsp3) is 0.588. The Labute approximate surface area is 160 Å². The lowest BCUT2D eigenvalue weighted by Gasteiger charge is -2.17. The van der Waals surface area contributed by atoms with Crippen molar-refractivity contribution < 1.29 is 5.11 Å². The van der Waals surface area contributed by atoms with Gasteiger partial charge in [0.2, 0.25) is 0 Å². The summed E-state index contributed by atoms with van der Waals surface area (Å²) in [6.07, 6.45) is 3.75. The summed E-state index contributed by atoms with van der Waals surface area (Å²) in [6.45, 7) is 5.80. The minimum atomic E-state index is 0. The van der Waals surface area contributed by atoms with Crippen LogP contribution in [-0.4, -0.2) is 34.7 Å². The summed E-state index contributed by atoms with van der Waals surface area (Å²) >= 11 is 2.07. The van der Waals surface area contributed by atoms with Gasteiger partial charge in [0.15, 0.2) is 5.96 Å². The third kappa shape index (κ3) is 7.20. The van der Waals surface area contributed by atoms with Crippen LogP contribution in [0, 0.1) is 0 Å². The number of benzene rings is 1. The van der Waals surface area contributed by atoms with Crippen LogP contribution < -0.4 is 10.6 Å². The lowest BCUT2D eigenvalue weighted by atomic mass is 10.2. The molecule has 130 valence electrons. The summed E-state index contributed by atoms with van der Waals surface area (Å²) in [5.74, 6) is 2.39. The molecule has 0 spiro atoms. The van der Waals surface area contributed by atoms with E-state index in [0.717, 1.165) is 23.3 Å². The van der Waals surface area contributed by atoms with Crippen molar-refractivity contribution in [2.24, 2.45) is 4.99 Å². The van der Waals surface area contributed by atoms with E-state index in [-0.39, 0.29) is 24.0 Å². The number of phenolic OH excluding ortho intramolecular Hbond substituents is 1. The molecule has 0 saturated heterocycles. The van der Waals surface area contributed by atoms with Crippen molar-refractivity contribution in [3.63, 3.8) is 0 Å². The standard InChI is InChI=1S/C17H27N3OS.HI/c1-3-18-17(19-12-13-5-8-15(21)9-6-13)20-14-7-10-16(11-14)22-4-2;/h5-6,8-9,14,16,21H,3-4,7,10-12H2,1-2H3,(H2,18,19,20);1H. The Morgan fingerprint density at radius 3 is 2.65 bits per heavy atom.